The Labute approximate surface area is 115 Å². The van der Waals surface area contributed by atoms with Gasteiger partial charge in [0.25, 0.3) is 0 Å². The summed E-state index contributed by atoms with van der Waals surface area (Å²) in [6.45, 7) is 2.07. The van der Waals surface area contributed by atoms with Crippen LogP contribution in [0.15, 0.2) is 18.2 Å². The lowest BCUT2D eigenvalue weighted by atomic mass is 10.1. The molecule has 112 valence electrons. The molecule has 1 aromatic carbocycles. The minimum Gasteiger partial charge on any atom is -0.372 e. The molecular weight excluding hydrogens is 273 g/mol. The molecule has 0 atom stereocenters. The third kappa shape index (κ3) is 5.18. The van der Waals surface area contributed by atoms with Gasteiger partial charge in [-0.2, -0.15) is 13.2 Å². The van der Waals surface area contributed by atoms with Crippen molar-refractivity contribution in [2.75, 3.05) is 18.5 Å². The molecule has 20 heavy (non-hydrogen) atoms. The highest BCUT2D eigenvalue weighted by atomic mass is 19.4. The first-order chi connectivity index (χ1) is 9.36. The van der Waals surface area contributed by atoms with E-state index in [-0.39, 0.29) is 18.8 Å². The second-order valence-electron chi connectivity index (χ2n) is 4.22. The van der Waals surface area contributed by atoms with Gasteiger partial charge in [0.05, 0.1) is 5.56 Å². The number of alkyl halides is 3. The summed E-state index contributed by atoms with van der Waals surface area (Å²) in [6, 6.07) is 3.24. The van der Waals surface area contributed by atoms with Gasteiger partial charge in [0, 0.05) is 18.8 Å². The van der Waals surface area contributed by atoms with Crippen molar-refractivity contribution in [2.24, 2.45) is 5.73 Å². The highest BCUT2D eigenvalue weighted by molar-refractivity contribution is 5.91. The molecule has 0 aromatic heterocycles. The molecule has 0 fully saturated rings. The molecule has 0 radical (unpaired) electrons. The van der Waals surface area contributed by atoms with E-state index in [1.807, 2.05) is 6.92 Å². The smallest absolute Gasteiger partial charge is 0.372 e. The van der Waals surface area contributed by atoms with Crippen LogP contribution in [0.3, 0.4) is 0 Å². The van der Waals surface area contributed by atoms with Gasteiger partial charge in [-0.25, -0.2) is 0 Å². The van der Waals surface area contributed by atoms with E-state index >= 15 is 0 Å². The van der Waals surface area contributed by atoms with Gasteiger partial charge in [-0.3, -0.25) is 4.79 Å². The summed E-state index contributed by atoms with van der Waals surface area (Å²) in [5.74, 6) is -0.499. The summed E-state index contributed by atoms with van der Waals surface area (Å²) >= 11 is 0. The zero-order valence-corrected chi connectivity index (χ0v) is 11.1. The normalized spacial score (nSPS) is 11.4. The number of nitrogens with one attached hydrogen (secondary N) is 1. The van der Waals surface area contributed by atoms with E-state index in [0.717, 1.165) is 18.6 Å². The van der Waals surface area contributed by atoms with Gasteiger partial charge in [-0.1, -0.05) is 6.92 Å². The van der Waals surface area contributed by atoms with Gasteiger partial charge in [0.15, 0.2) is 0 Å². The van der Waals surface area contributed by atoms with E-state index in [1.54, 1.807) is 0 Å². The van der Waals surface area contributed by atoms with Gasteiger partial charge in [-0.15, -0.1) is 0 Å². The van der Waals surface area contributed by atoms with Crippen molar-refractivity contribution >= 4 is 11.6 Å². The number of hydrogen-bond acceptors (Lipinski definition) is 3. The number of hydrogen-bond donors (Lipinski definition) is 2. The Hall–Kier alpha value is -1.60. The first-order valence-electron chi connectivity index (χ1n) is 6.15. The molecule has 0 unspecified atom stereocenters. The Morgan fingerprint density at radius 2 is 2.05 bits per heavy atom. The van der Waals surface area contributed by atoms with Gasteiger partial charge in [0.1, 0.15) is 6.61 Å². The number of rotatable bonds is 6. The van der Waals surface area contributed by atoms with Crippen LogP contribution in [-0.4, -0.2) is 19.1 Å². The fraction of sp³-hybridized carbons (Fsp3) is 0.462. The molecule has 4 nitrogen and oxygen atoms in total. The van der Waals surface area contributed by atoms with E-state index < -0.39 is 17.6 Å². The van der Waals surface area contributed by atoms with Crippen LogP contribution >= 0.6 is 0 Å². The average Bonchev–Trinajstić information content (AvgIpc) is 2.37. The Morgan fingerprint density at radius 3 is 2.60 bits per heavy atom. The molecule has 7 heteroatoms. The summed E-state index contributed by atoms with van der Waals surface area (Å²) in [5, 5.41) is 2.37. The molecule has 0 aliphatic rings. The molecule has 0 saturated heterocycles. The van der Waals surface area contributed by atoms with Crippen LogP contribution in [0.2, 0.25) is 0 Å². The highest BCUT2D eigenvalue weighted by Crippen LogP contribution is 2.31. The van der Waals surface area contributed by atoms with E-state index in [2.05, 4.69) is 5.32 Å². The largest absolute Gasteiger partial charge is 0.416 e. The maximum Gasteiger partial charge on any atom is 0.416 e. The van der Waals surface area contributed by atoms with Crippen LogP contribution in [0.1, 0.15) is 24.5 Å². The third-order valence-electron chi connectivity index (χ3n) is 2.42. The van der Waals surface area contributed by atoms with E-state index in [9.17, 15) is 18.0 Å². The van der Waals surface area contributed by atoms with Crippen molar-refractivity contribution < 1.29 is 22.7 Å². The van der Waals surface area contributed by atoms with Crippen molar-refractivity contribution in [3.8, 4) is 0 Å². The van der Waals surface area contributed by atoms with Gasteiger partial charge in [-0.05, 0) is 30.2 Å². The second-order valence-corrected chi connectivity index (χ2v) is 4.22. The number of carbonyl (C=O) groups is 1. The van der Waals surface area contributed by atoms with Crippen molar-refractivity contribution in [2.45, 2.75) is 26.1 Å². The SMILES string of the molecule is CCCOCC(=O)Nc1cc(CN)cc(C(F)(F)F)c1. The number of halogens is 3. The molecule has 0 aliphatic carbocycles. The number of anilines is 1. The lowest BCUT2D eigenvalue weighted by Crippen LogP contribution is -2.19. The monoisotopic (exact) mass is 290 g/mol. The summed E-state index contributed by atoms with van der Waals surface area (Å²) < 4.78 is 43.1. The Balaban J connectivity index is 2.81. The predicted octanol–water partition coefficient (Wildman–Crippen LogP) is 2.53. The minimum absolute atomic E-state index is 0.0425. The minimum atomic E-state index is -4.48. The van der Waals surface area contributed by atoms with E-state index in [1.165, 1.54) is 6.07 Å². The van der Waals surface area contributed by atoms with E-state index in [0.29, 0.717) is 12.2 Å². The second kappa shape index (κ2) is 7.25. The van der Waals surface area contributed by atoms with Gasteiger partial charge in [0.2, 0.25) is 5.91 Å². The summed E-state index contributed by atoms with van der Waals surface area (Å²) in [6.07, 6.45) is -3.72. The fourth-order valence-corrected chi connectivity index (χ4v) is 1.55. The van der Waals surface area contributed by atoms with Crippen molar-refractivity contribution in [1.29, 1.82) is 0 Å². The zero-order chi connectivity index (χ0) is 15.2. The molecule has 0 spiro atoms. The molecule has 0 aliphatic heterocycles. The van der Waals surface area contributed by atoms with Crippen LogP contribution in [0, 0.1) is 0 Å². The Morgan fingerprint density at radius 1 is 1.35 bits per heavy atom. The Kier molecular flexibility index (Phi) is 5.97. The van der Waals surface area contributed by atoms with Crippen LogP contribution in [0.5, 0.6) is 0 Å². The average molecular weight is 290 g/mol. The molecule has 0 saturated carbocycles. The molecule has 0 bridgehead atoms. The molecule has 3 N–H and O–H groups in total. The third-order valence-corrected chi connectivity index (χ3v) is 2.42. The van der Waals surface area contributed by atoms with Crippen molar-refractivity contribution in [3.05, 3.63) is 29.3 Å². The lowest BCUT2D eigenvalue weighted by molar-refractivity contribution is -0.137. The van der Waals surface area contributed by atoms with Crippen LogP contribution in [0.25, 0.3) is 0 Å². The Bertz CT molecular complexity index is 461. The first-order valence-corrected chi connectivity index (χ1v) is 6.15. The van der Waals surface area contributed by atoms with Crippen molar-refractivity contribution in [1.82, 2.24) is 0 Å². The molecule has 1 rings (SSSR count). The molecular formula is C13H17F3N2O2. The van der Waals surface area contributed by atoms with Crippen LogP contribution in [0.4, 0.5) is 18.9 Å². The van der Waals surface area contributed by atoms with Gasteiger partial charge >= 0.3 is 6.18 Å². The quantitative estimate of drug-likeness (QED) is 0.791. The summed E-state index contributed by atoms with van der Waals surface area (Å²) in [7, 11) is 0. The summed E-state index contributed by atoms with van der Waals surface area (Å²) in [4.78, 5) is 11.5. The standard InChI is InChI=1S/C13H17F3N2O2/c1-2-3-20-8-12(19)18-11-5-9(7-17)4-10(6-11)13(14,15)16/h4-6H,2-3,7-8,17H2,1H3,(H,18,19). The summed E-state index contributed by atoms with van der Waals surface area (Å²) in [5.41, 5.74) is 4.87. The maximum atomic E-state index is 12.7. The molecule has 0 heterocycles. The van der Waals surface area contributed by atoms with Crippen molar-refractivity contribution in [3.63, 3.8) is 0 Å². The maximum absolute atomic E-state index is 12.7. The first kappa shape index (κ1) is 16.5. The number of carbonyl (C=O) groups excluding carboxylic acids is 1. The molecule has 1 amide bonds. The lowest BCUT2D eigenvalue weighted by Gasteiger charge is -2.12. The van der Waals surface area contributed by atoms with E-state index in [4.69, 9.17) is 10.5 Å². The molecule has 1 aromatic rings. The van der Waals surface area contributed by atoms with Crippen LogP contribution < -0.4 is 11.1 Å². The number of amides is 1. The predicted molar refractivity (Wildman–Crippen MR) is 69.1 cm³/mol. The zero-order valence-electron chi connectivity index (χ0n) is 11.1. The fourth-order valence-electron chi connectivity index (χ4n) is 1.55. The number of ether oxygens (including phenoxy) is 1. The number of nitrogens with two attached hydrogens (primary N) is 1. The van der Waals surface area contributed by atoms with Gasteiger partial charge < -0.3 is 15.8 Å². The topological polar surface area (TPSA) is 64.3 Å². The van der Waals surface area contributed by atoms with Crippen LogP contribution in [-0.2, 0) is 22.3 Å². The highest BCUT2D eigenvalue weighted by Gasteiger charge is 2.31. The number of benzene rings is 1.